The highest BCUT2D eigenvalue weighted by Crippen LogP contribution is 2.41. The molecular formula is C12H12F2O3. The van der Waals surface area contributed by atoms with E-state index in [0.29, 0.717) is 12.0 Å². The number of benzene rings is 1. The molecular weight excluding hydrogens is 230 g/mol. The Labute approximate surface area is 97.0 Å². The number of halogens is 2. The Kier molecular flexibility index (Phi) is 3.26. The van der Waals surface area contributed by atoms with Crippen molar-refractivity contribution in [1.82, 2.24) is 0 Å². The van der Waals surface area contributed by atoms with Gasteiger partial charge in [0.25, 0.3) is 0 Å². The van der Waals surface area contributed by atoms with Crippen molar-refractivity contribution in [1.29, 1.82) is 0 Å². The Hall–Kier alpha value is -1.65. The molecule has 1 saturated carbocycles. The number of para-hydroxylation sites is 1. The summed E-state index contributed by atoms with van der Waals surface area (Å²) in [6, 6.07) is 6.27. The lowest BCUT2D eigenvalue weighted by atomic mass is 9.95. The number of ether oxygens (including phenoxy) is 1. The summed E-state index contributed by atoms with van der Waals surface area (Å²) in [4.78, 5) is 10.5. The lowest BCUT2D eigenvalue weighted by molar-refractivity contribution is 0.143. The van der Waals surface area contributed by atoms with E-state index in [1.54, 1.807) is 18.2 Å². The maximum Gasteiger partial charge on any atom is 0.511 e. The molecule has 1 N–H and O–H groups in total. The summed E-state index contributed by atoms with van der Waals surface area (Å²) in [5, 5.41) is 8.56. The minimum atomic E-state index is -1.59. The van der Waals surface area contributed by atoms with Gasteiger partial charge in [-0.25, -0.2) is 13.6 Å². The van der Waals surface area contributed by atoms with Gasteiger partial charge in [0, 0.05) is 11.5 Å². The van der Waals surface area contributed by atoms with E-state index in [9.17, 15) is 13.6 Å². The summed E-state index contributed by atoms with van der Waals surface area (Å²) in [5.74, 6) is -0.540. The van der Waals surface area contributed by atoms with Crippen LogP contribution in [0.4, 0.5) is 13.6 Å². The summed E-state index contributed by atoms with van der Waals surface area (Å²) in [5.41, 5.74) is 0.419. The maximum absolute atomic E-state index is 13.6. The Morgan fingerprint density at radius 1 is 1.29 bits per heavy atom. The SMILES string of the molecule is O=C(O)Oc1ccccc1C1CCC(F)C1F. The van der Waals surface area contributed by atoms with Crippen molar-refractivity contribution in [3.05, 3.63) is 29.8 Å². The van der Waals surface area contributed by atoms with Crippen LogP contribution in [0.2, 0.25) is 0 Å². The molecule has 0 aliphatic heterocycles. The van der Waals surface area contributed by atoms with Gasteiger partial charge in [-0.15, -0.1) is 0 Å². The molecule has 0 heterocycles. The standard InChI is InChI=1S/C12H12F2O3/c13-9-6-5-8(11(9)14)7-3-1-2-4-10(7)17-12(15)16/h1-4,8-9,11H,5-6H2,(H,15,16). The summed E-state index contributed by atoms with van der Waals surface area (Å²) >= 11 is 0. The number of rotatable bonds is 2. The average Bonchev–Trinajstić information content (AvgIpc) is 2.60. The van der Waals surface area contributed by atoms with Gasteiger partial charge in [-0.05, 0) is 18.9 Å². The highest BCUT2D eigenvalue weighted by Gasteiger charge is 2.38. The largest absolute Gasteiger partial charge is 0.511 e. The maximum atomic E-state index is 13.6. The quantitative estimate of drug-likeness (QED) is 0.639. The van der Waals surface area contributed by atoms with Gasteiger partial charge in [0.2, 0.25) is 0 Å². The van der Waals surface area contributed by atoms with Gasteiger partial charge in [0.1, 0.15) is 18.1 Å². The Balaban J connectivity index is 2.28. The van der Waals surface area contributed by atoms with Gasteiger partial charge in [-0.2, -0.15) is 0 Å². The fraction of sp³-hybridized carbons (Fsp3) is 0.417. The molecule has 17 heavy (non-hydrogen) atoms. The van der Waals surface area contributed by atoms with Crippen LogP contribution < -0.4 is 4.74 Å². The van der Waals surface area contributed by atoms with Crippen molar-refractivity contribution < 1.29 is 23.4 Å². The molecule has 1 aliphatic rings. The van der Waals surface area contributed by atoms with E-state index in [-0.39, 0.29) is 12.2 Å². The van der Waals surface area contributed by atoms with E-state index in [2.05, 4.69) is 4.74 Å². The molecule has 2 rings (SSSR count). The second-order valence-electron chi connectivity index (χ2n) is 4.05. The number of carboxylic acid groups (broad SMARTS) is 1. The van der Waals surface area contributed by atoms with Crippen molar-refractivity contribution in [3.63, 3.8) is 0 Å². The predicted octanol–water partition coefficient (Wildman–Crippen LogP) is 3.30. The van der Waals surface area contributed by atoms with E-state index >= 15 is 0 Å². The third kappa shape index (κ3) is 2.38. The molecule has 1 aliphatic carbocycles. The molecule has 1 fully saturated rings. The van der Waals surface area contributed by atoms with Crippen LogP contribution in [-0.2, 0) is 0 Å². The van der Waals surface area contributed by atoms with Crippen molar-refractivity contribution in [3.8, 4) is 5.75 Å². The molecule has 3 atom stereocenters. The molecule has 0 radical (unpaired) electrons. The second-order valence-corrected chi connectivity index (χ2v) is 4.05. The first-order valence-electron chi connectivity index (χ1n) is 5.37. The van der Waals surface area contributed by atoms with Gasteiger partial charge in [0.05, 0.1) is 0 Å². The minimum Gasteiger partial charge on any atom is -0.449 e. The molecule has 0 spiro atoms. The summed E-state index contributed by atoms with van der Waals surface area (Å²) in [7, 11) is 0. The minimum absolute atomic E-state index is 0.0850. The van der Waals surface area contributed by atoms with Crippen LogP contribution in [0.3, 0.4) is 0 Å². The zero-order valence-electron chi connectivity index (χ0n) is 8.98. The lowest BCUT2D eigenvalue weighted by Gasteiger charge is -2.16. The highest BCUT2D eigenvalue weighted by molar-refractivity contribution is 5.62. The number of carbonyl (C=O) groups is 1. The zero-order valence-corrected chi connectivity index (χ0v) is 8.98. The van der Waals surface area contributed by atoms with E-state index < -0.39 is 24.4 Å². The fourth-order valence-electron chi connectivity index (χ4n) is 2.21. The average molecular weight is 242 g/mol. The van der Waals surface area contributed by atoms with E-state index in [1.165, 1.54) is 6.07 Å². The monoisotopic (exact) mass is 242 g/mol. The number of hydrogen-bond donors (Lipinski definition) is 1. The molecule has 0 amide bonds. The van der Waals surface area contributed by atoms with Crippen LogP contribution in [0.5, 0.6) is 5.75 Å². The fourth-order valence-corrected chi connectivity index (χ4v) is 2.21. The highest BCUT2D eigenvalue weighted by atomic mass is 19.2. The van der Waals surface area contributed by atoms with Crippen LogP contribution >= 0.6 is 0 Å². The van der Waals surface area contributed by atoms with Gasteiger partial charge in [-0.1, -0.05) is 18.2 Å². The Morgan fingerprint density at radius 2 is 2.00 bits per heavy atom. The summed E-state index contributed by atoms with van der Waals surface area (Å²) in [6.45, 7) is 0. The number of alkyl halides is 2. The molecule has 1 aromatic rings. The van der Waals surface area contributed by atoms with Crippen molar-refractivity contribution >= 4 is 6.16 Å². The van der Waals surface area contributed by atoms with Crippen LogP contribution in [0.15, 0.2) is 24.3 Å². The topological polar surface area (TPSA) is 46.5 Å². The molecule has 0 aromatic heterocycles. The first-order valence-corrected chi connectivity index (χ1v) is 5.37. The first-order chi connectivity index (χ1) is 8.09. The predicted molar refractivity (Wildman–Crippen MR) is 56.9 cm³/mol. The third-order valence-corrected chi connectivity index (χ3v) is 3.00. The van der Waals surface area contributed by atoms with Gasteiger partial charge >= 0.3 is 6.16 Å². The second kappa shape index (κ2) is 4.69. The lowest BCUT2D eigenvalue weighted by Crippen LogP contribution is -2.16. The van der Waals surface area contributed by atoms with Crippen molar-refractivity contribution in [2.24, 2.45) is 0 Å². The first kappa shape index (κ1) is 11.8. The van der Waals surface area contributed by atoms with E-state index in [1.807, 2.05) is 0 Å². The van der Waals surface area contributed by atoms with Gasteiger partial charge < -0.3 is 9.84 Å². The molecule has 1 aromatic carbocycles. The molecule has 3 nitrogen and oxygen atoms in total. The molecule has 0 saturated heterocycles. The summed E-state index contributed by atoms with van der Waals surface area (Å²) < 4.78 is 31.3. The molecule has 5 heteroatoms. The van der Waals surface area contributed by atoms with Crippen LogP contribution in [0.1, 0.15) is 24.3 Å². The van der Waals surface area contributed by atoms with Gasteiger partial charge in [-0.3, -0.25) is 0 Å². The molecule has 92 valence electrons. The summed E-state index contributed by atoms with van der Waals surface area (Å²) in [6.07, 6.45) is -4.00. The smallest absolute Gasteiger partial charge is 0.449 e. The zero-order chi connectivity index (χ0) is 12.4. The Bertz CT molecular complexity index is 422. The Morgan fingerprint density at radius 3 is 2.59 bits per heavy atom. The van der Waals surface area contributed by atoms with Crippen LogP contribution in [-0.4, -0.2) is 23.6 Å². The van der Waals surface area contributed by atoms with Crippen molar-refractivity contribution in [2.75, 3.05) is 0 Å². The normalized spacial score (nSPS) is 28.0. The van der Waals surface area contributed by atoms with Crippen molar-refractivity contribution in [2.45, 2.75) is 31.1 Å². The van der Waals surface area contributed by atoms with Gasteiger partial charge in [0.15, 0.2) is 0 Å². The van der Waals surface area contributed by atoms with Crippen LogP contribution in [0, 0.1) is 0 Å². The van der Waals surface area contributed by atoms with E-state index in [4.69, 9.17) is 5.11 Å². The van der Waals surface area contributed by atoms with E-state index in [0.717, 1.165) is 0 Å². The molecule has 3 unspecified atom stereocenters. The van der Waals surface area contributed by atoms with Crippen LogP contribution in [0.25, 0.3) is 0 Å². The number of hydrogen-bond acceptors (Lipinski definition) is 2. The third-order valence-electron chi connectivity index (χ3n) is 3.00. The molecule has 0 bridgehead atoms.